The van der Waals surface area contributed by atoms with Gasteiger partial charge in [-0.1, -0.05) is 18.2 Å². The second-order valence-electron chi connectivity index (χ2n) is 9.65. The molecule has 0 aromatic heterocycles. The minimum Gasteiger partial charge on any atom is -0.493 e. The first-order valence-electron chi connectivity index (χ1n) is 11.9. The van der Waals surface area contributed by atoms with E-state index in [9.17, 15) is 10.1 Å². The first-order chi connectivity index (χ1) is 15.7. The van der Waals surface area contributed by atoms with E-state index < -0.39 is 0 Å². The fraction of sp³-hybridized carbons (Fsp3) is 0.481. The van der Waals surface area contributed by atoms with Gasteiger partial charge >= 0.3 is 0 Å². The Morgan fingerprint density at radius 3 is 2.64 bits per heavy atom. The number of hydrogen-bond acceptors (Lipinski definition) is 4. The van der Waals surface area contributed by atoms with E-state index in [0.29, 0.717) is 17.9 Å². The van der Waals surface area contributed by atoms with Crippen LogP contribution < -0.4 is 10.1 Å². The molecule has 2 atom stereocenters. The predicted molar refractivity (Wildman–Crippen MR) is 131 cm³/mol. The van der Waals surface area contributed by atoms with Crippen molar-refractivity contribution >= 4 is 18.3 Å². The van der Waals surface area contributed by atoms with Crippen LogP contribution in [-0.4, -0.2) is 43.1 Å². The SMILES string of the molecule is Cl.N#Cc1ccc2c(c1)[C@@H]1CN(CC[C@H]3CC[C@H](NC(=O)c4ccccc4)CC3)C[C@H]1CO2. The van der Waals surface area contributed by atoms with Crippen LogP contribution in [0, 0.1) is 23.2 Å². The van der Waals surface area contributed by atoms with Gasteiger partial charge in [-0.15, -0.1) is 12.4 Å². The van der Waals surface area contributed by atoms with Crippen LogP contribution in [-0.2, 0) is 0 Å². The highest BCUT2D eigenvalue weighted by Gasteiger charge is 2.39. The normalized spacial score (nSPS) is 26.2. The Morgan fingerprint density at radius 1 is 1.09 bits per heavy atom. The van der Waals surface area contributed by atoms with Crippen LogP contribution in [0.15, 0.2) is 48.5 Å². The highest BCUT2D eigenvalue weighted by atomic mass is 35.5. The lowest BCUT2D eigenvalue weighted by Gasteiger charge is -2.30. The predicted octanol–water partition coefficient (Wildman–Crippen LogP) is 4.77. The fourth-order valence-electron chi connectivity index (χ4n) is 5.72. The lowest BCUT2D eigenvalue weighted by molar-refractivity contribution is 0.0920. The summed E-state index contributed by atoms with van der Waals surface area (Å²) in [6.45, 7) is 4.07. The number of fused-ring (bicyclic) bond motifs is 3. The highest BCUT2D eigenvalue weighted by molar-refractivity contribution is 5.94. The number of benzene rings is 2. The molecule has 174 valence electrons. The van der Waals surface area contributed by atoms with Crippen LogP contribution in [0.3, 0.4) is 0 Å². The topological polar surface area (TPSA) is 65.4 Å². The van der Waals surface area contributed by atoms with Gasteiger partial charge in [0, 0.05) is 42.1 Å². The standard InChI is InChI=1S/C27H31N3O2.ClH/c28-15-20-8-11-26-24(14-20)25-17-30(16-22(25)18-32-26)13-12-19-6-9-23(10-7-19)29-27(31)21-4-2-1-3-5-21;/h1-5,8,11,14,19,22-23,25H,6-7,9-10,12-13,16-18H2,(H,29,31);1H/t19-,22-,23-,25+;/m0./s1. The Labute approximate surface area is 202 Å². The van der Waals surface area contributed by atoms with Crippen LogP contribution in [0.25, 0.3) is 0 Å². The van der Waals surface area contributed by atoms with Crippen LogP contribution in [0.5, 0.6) is 5.75 Å². The highest BCUT2D eigenvalue weighted by Crippen LogP contribution is 2.42. The minimum absolute atomic E-state index is 0. The molecular weight excluding hydrogens is 434 g/mol. The van der Waals surface area contributed by atoms with Gasteiger partial charge in [0.05, 0.1) is 18.2 Å². The third kappa shape index (κ3) is 5.34. The fourth-order valence-corrected chi connectivity index (χ4v) is 5.72. The van der Waals surface area contributed by atoms with Crippen LogP contribution in [0.4, 0.5) is 0 Å². The molecule has 2 aromatic carbocycles. The van der Waals surface area contributed by atoms with Gasteiger partial charge in [-0.05, 0) is 74.9 Å². The molecule has 6 heteroatoms. The van der Waals surface area contributed by atoms with Crippen molar-refractivity contribution in [3.05, 3.63) is 65.2 Å². The number of hydrogen-bond donors (Lipinski definition) is 1. The van der Waals surface area contributed by atoms with Crippen LogP contribution in [0.1, 0.15) is 59.5 Å². The molecule has 3 aliphatic rings. The molecule has 1 aliphatic carbocycles. The zero-order valence-electron chi connectivity index (χ0n) is 18.9. The van der Waals surface area contributed by atoms with E-state index >= 15 is 0 Å². The molecule has 2 aliphatic heterocycles. The Bertz CT molecular complexity index is 998. The number of carbonyl (C=O) groups is 1. The quantitative estimate of drug-likeness (QED) is 0.690. The number of nitriles is 1. The molecule has 2 heterocycles. The Morgan fingerprint density at radius 2 is 1.88 bits per heavy atom. The maximum Gasteiger partial charge on any atom is 0.251 e. The molecule has 5 rings (SSSR count). The van der Waals surface area contributed by atoms with Gasteiger partial charge in [-0.3, -0.25) is 4.79 Å². The summed E-state index contributed by atoms with van der Waals surface area (Å²) in [5.41, 5.74) is 2.69. The summed E-state index contributed by atoms with van der Waals surface area (Å²) < 4.78 is 5.98. The Kier molecular flexibility index (Phi) is 7.57. The van der Waals surface area contributed by atoms with E-state index in [1.54, 1.807) is 0 Å². The summed E-state index contributed by atoms with van der Waals surface area (Å²) in [5, 5.41) is 12.5. The maximum atomic E-state index is 12.4. The van der Waals surface area contributed by atoms with Crippen molar-refractivity contribution in [2.45, 2.75) is 44.1 Å². The molecule has 0 spiro atoms. The second kappa shape index (κ2) is 10.6. The summed E-state index contributed by atoms with van der Waals surface area (Å²) in [5.74, 6) is 2.77. The molecule has 1 amide bonds. The Hall–Kier alpha value is -2.55. The lowest BCUT2D eigenvalue weighted by Crippen LogP contribution is -2.38. The second-order valence-corrected chi connectivity index (χ2v) is 9.65. The van der Waals surface area contributed by atoms with E-state index in [2.05, 4.69) is 16.3 Å². The van der Waals surface area contributed by atoms with Gasteiger partial charge in [0.1, 0.15) is 5.75 Å². The zero-order valence-corrected chi connectivity index (χ0v) is 19.7. The van der Waals surface area contributed by atoms with E-state index in [4.69, 9.17) is 4.74 Å². The third-order valence-electron chi connectivity index (χ3n) is 7.58. The number of amides is 1. The van der Waals surface area contributed by atoms with E-state index in [1.165, 1.54) is 24.8 Å². The average Bonchev–Trinajstić information content (AvgIpc) is 3.27. The van der Waals surface area contributed by atoms with Gasteiger partial charge in [0.25, 0.3) is 5.91 Å². The molecule has 0 bridgehead atoms. The lowest BCUT2D eigenvalue weighted by atomic mass is 9.84. The Balaban J connectivity index is 0.00000259. The molecule has 1 saturated carbocycles. The molecule has 1 N–H and O–H groups in total. The molecule has 33 heavy (non-hydrogen) atoms. The summed E-state index contributed by atoms with van der Waals surface area (Å²) >= 11 is 0. The number of rotatable bonds is 5. The summed E-state index contributed by atoms with van der Waals surface area (Å²) in [4.78, 5) is 15.0. The zero-order chi connectivity index (χ0) is 21.9. The van der Waals surface area contributed by atoms with E-state index in [0.717, 1.165) is 61.9 Å². The molecule has 0 unspecified atom stereocenters. The van der Waals surface area contributed by atoms with Gasteiger partial charge in [0.15, 0.2) is 0 Å². The number of likely N-dealkylation sites (tertiary alicyclic amines) is 1. The van der Waals surface area contributed by atoms with Crippen molar-refractivity contribution in [2.24, 2.45) is 11.8 Å². The molecule has 0 radical (unpaired) electrons. The number of nitrogens with one attached hydrogen (secondary N) is 1. The van der Waals surface area contributed by atoms with Gasteiger partial charge in [-0.25, -0.2) is 0 Å². The number of ether oxygens (including phenoxy) is 1. The molecule has 2 fully saturated rings. The van der Waals surface area contributed by atoms with Gasteiger partial charge in [0.2, 0.25) is 0 Å². The van der Waals surface area contributed by atoms with Crippen molar-refractivity contribution in [2.75, 3.05) is 26.2 Å². The van der Waals surface area contributed by atoms with E-state index in [-0.39, 0.29) is 18.3 Å². The molecule has 1 saturated heterocycles. The summed E-state index contributed by atoms with van der Waals surface area (Å²) in [7, 11) is 0. The smallest absolute Gasteiger partial charge is 0.251 e. The van der Waals surface area contributed by atoms with Crippen molar-refractivity contribution in [3.63, 3.8) is 0 Å². The average molecular weight is 466 g/mol. The van der Waals surface area contributed by atoms with Gasteiger partial charge in [-0.2, -0.15) is 5.26 Å². The largest absolute Gasteiger partial charge is 0.493 e. The minimum atomic E-state index is 0. The third-order valence-corrected chi connectivity index (χ3v) is 7.58. The van der Waals surface area contributed by atoms with Crippen LogP contribution in [0.2, 0.25) is 0 Å². The van der Waals surface area contributed by atoms with Crippen molar-refractivity contribution in [3.8, 4) is 11.8 Å². The molecular formula is C27H32ClN3O2. The first kappa shape index (κ1) is 23.6. The van der Waals surface area contributed by atoms with Crippen molar-refractivity contribution < 1.29 is 9.53 Å². The van der Waals surface area contributed by atoms with Crippen molar-refractivity contribution in [1.29, 1.82) is 5.26 Å². The van der Waals surface area contributed by atoms with Crippen molar-refractivity contribution in [1.82, 2.24) is 10.2 Å². The monoisotopic (exact) mass is 465 g/mol. The first-order valence-corrected chi connectivity index (χ1v) is 11.9. The number of nitrogens with zero attached hydrogens (tertiary/aromatic N) is 2. The molecule has 2 aromatic rings. The van der Waals surface area contributed by atoms with Crippen LogP contribution >= 0.6 is 12.4 Å². The number of carbonyl (C=O) groups excluding carboxylic acids is 1. The molecule has 5 nitrogen and oxygen atoms in total. The summed E-state index contributed by atoms with van der Waals surface area (Å²) in [6, 6.07) is 17.9. The van der Waals surface area contributed by atoms with Gasteiger partial charge < -0.3 is 15.0 Å². The summed E-state index contributed by atoms with van der Waals surface area (Å²) in [6.07, 6.45) is 5.76. The van der Waals surface area contributed by atoms with E-state index in [1.807, 2.05) is 48.5 Å². The maximum absolute atomic E-state index is 12.4. The number of halogens is 1.